The van der Waals surface area contributed by atoms with Gasteiger partial charge in [-0.15, -0.1) is 0 Å². The number of nitrogens with one attached hydrogen (secondary N) is 1. The molecule has 0 aromatic carbocycles. The van der Waals surface area contributed by atoms with Crippen LogP contribution in [0, 0.1) is 0 Å². The Hall–Kier alpha value is -1.93. The fraction of sp³-hybridized carbons (Fsp3) is 0.462. The SMILES string of the molecule is CN(C)Cc1cccc(OCCCNc2nsnc2N)n1. The van der Waals surface area contributed by atoms with Gasteiger partial charge < -0.3 is 20.7 Å². The van der Waals surface area contributed by atoms with Crippen LogP contribution in [0.1, 0.15) is 12.1 Å². The van der Waals surface area contributed by atoms with E-state index in [1.807, 2.05) is 32.3 Å². The molecule has 21 heavy (non-hydrogen) atoms. The quantitative estimate of drug-likeness (QED) is 0.714. The Morgan fingerprint density at radius 3 is 2.90 bits per heavy atom. The van der Waals surface area contributed by atoms with Crippen LogP contribution in [0.4, 0.5) is 11.6 Å². The highest BCUT2D eigenvalue weighted by molar-refractivity contribution is 6.99. The maximum Gasteiger partial charge on any atom is 0.213 e. The van der Waals surface area contributed by atoms with Gasteiger partial charge in [0.2, 0.25) is 5.88 Å². The Balaban J connectivity index is 1.70. The van der Waals surface area contributed by atoms with Crippen LogP contribution in [-0.4, -0.2) is 45.9 Å². The number of rotatable bonds is 8. The molecule has 7 nitrogen and oxygen atoms in total. The molecule has 0 saturated heterocycles. The lowest BCUT2D eigenvalue weighted by Gasteiger charge is -2.10. The molecular formula is C13H20N6OS. The fourth-order valence-electron chi connectivity index (χ4n) is 1.72. The van der Waals surface area contributed by atoms with Crippen molar-refractivity contribution in [2.45, 2.75) is 13.0 Å². The summed E-state index contributed by atoms with van der Waals surface area (Å²) in [5.74, 6) is 1.74. The predicted molar refractivity (Wildman–Crippen MR) is 84.6 cm³/mol. The molecule has 0 spiro atoms. The number of pyridine rings is 1. The summed E-state index contributed by atoms with van der Waals surface area (Å²) in [6.07, 6.45) is 0.830. The number of hydrogen-bond acceptors (Lipinski definition) is 8. The van der Waals surface area contributed by atoms with E-state index in [1.54, 1.807) is 0 Å². The first-order valence-electron chi connectivity index (χ1n) is 6.70. The van der Waals surface area contributed by atoms with Crippen LogP contribution < -0.4 is 15.8 Å². The van der Waals surface area contributed by atoms with Gasteiger partial charge in [0.1, 0.15) is 0 Å². The minimum Gasteiger partial charge on any atom is -0.478 e. The number of nitrogens with two attached hydrogens (primary N) is 1. The number of hydrogen-bond donors (Lipinski definition) is 2. The van der Waals surface area contributed by atoms with E-state index in [-0.39, 0.29) is 0 Å². The van der Waals surface area contributed by atoms with E-state index in [9.17, 15) is 0 Å². The summed E-state index contributed by atoms with van der Waals surface area (Å²) >= 11 is 1.10. The van der Waals surface area contributed by atoms with Crippen LogP contribution in [0.15, 0.2) is 18.2 Å². The second-order valence-corrected chi connectivity index (χ2v) is 5.36. The van der Waals surface area contributed by atoms with Crippen molar-refractivity contribution in [2.24, 2.45) is 0 Å². The lowest BCUT2D eigenvalue weighted by molar-refractivity contribution is 0.300. The second kappa shape index (κ2) is 7.75. The Morgan fingerprint density at radius 1 is 1.33 bits per heavy atom. The number of nitrogens with zero attached hydrogens (tertiary/aromatic N) is 4. The Labute approximate surface area is 128 Å². The molecule has 114 valence electrons. The van der Waals surface area contributed by atoms with Crippen molar-refractivity contribution in [3.8, 4) is 5.88 Å². The van der Waals surface area contributed by atoms with Crippen molar-refractivity contribution >= 4 is 23.4 Å². The monoisotopic (exact) mass is 308 g/mol. The van der Waals surface area contributed by atoms with Crippen molar-refractivity contribution < 1.29 is 4.74 Å². The topological polar surface area (TPSA) is 89.2 Å². The lowest BCUT2D eigenvalue weighted by atomic mass is 10.3. The van der Waals surface area contributed by atoms with E-state index in [1.165, 1.54) is 0 Å². The normalized spacial score (nSPS) is 10.8. The largest absolute Gasteiger partial charge is 0.478 e. The maximum atomic E-state index is 5.64. The number of ether oxygens (including phenoxy) is 1. The van der Waals surface area contributed by atoms with E-state index >= 15 is 0 Å². The van der Waals surface area contributed by atoms with Crippen molar-refractivity contribution in [1.29, 1.82) is 0 Å². The zero-order chi connectivity index (χ0) is 15.1. The van der Waals surface area contributed by atoms with E-state index in [0.29, 0.717) is 24.1 Å². The minimum absolute atomic E-state index is 0.443. The molecule has 0 unspecified atom stereocenters. The Bertz CT molecular complexity index is 559. The van der Waals surface area contributed by atoms with Gasteiger partial charge >= 0.3 is 0 Å². The van der Waals surface area contributed by atoms with Gasteiger partial charge in [-0.05, 0) is 26.6 Å². The van der Waals surface area contributed by atoms with Crippen molar-refractivity contribution in [1.82, 2.24) is 18.6 Å². The third kappa shape index (κ3) is 5.16. The molecule has 0 aliphatic rings. The first kappa shape index (κ1) is 15.5. The number of nitrogen functional groups attached to an aromatic ring is 1. The summed E-state index contributed by atoms with van der Waals surface area (Å²) in [7, 11) is 4.03. The molecule has 3 N–H and O–H groups in total. The van der Waals surface area contributed by atoms with Gasteiger partial charge in [0.15, 0.2) is 11.6 Å². The van der Waals surface area contributed by atoms with Crippen LogP contribution in [0.2, 0.25) is 0 Å². The Morgan fingerprint density at radius 2 is 2.19 bits per heavy atom. The molecule has 0 amide bonds. The van der Waals surface area contributed by atoms with Gasteiger partial charge in [-0.3, -0.25) is 0 Å². The van der Waals surface area contributed by atoms with Crippen LogP contribution >= 0.6 is 11.7 Å². The van der Waals surface area contributed by atoms with Crippen LogP contribution in [0.3, 0.4) is 0 Å². The molecule has 0 saturated carbocycles. The molecule has 2 heterocycles. The second-order valence-electron chi connectivity index (χ2n) is 4.83. The highest BCUT2D eigenvalue weighted by Crippen LogP contribution is 2.13. The van der Waals surface area contributed by atoms with Gasteiger partial charge in [-0.25, -0.2) is 4.98 Å². The third-order valence-electron chi connectivity index (χ3n) is 2.64. The summed E-state index contributed by atoms with van der Waals surface area (Å²) < 4.78 is 13.6. The van der Waals surface area contributed by atoms with Crippen molar-refractivity contribution in [3.63, 3.8) is 0 Å². The summed E-state index contributed by atoms with van der Waals surface area (Å²) in [6, 6.07) is 5.82. The zero-order valence-electron chi connectivity index (χ0n) is 12.2. The van der Waals surface area contributed by atoms with Gasteiger partial charge in [0.05, 0.1) is 24.0 Å². The predicted octanol–water partition coefficient (Wildman–Crippen LogP) is 1.46. The Kier molecular flexibility index (Phi) is 5.70. The first-order chi connectivity index (χ1) is 10.1. The average molecular weight is 308 g/mol. The van der Waals surface area contributed by atoms with Crippen molar-refractivity contribution in [3.05, 3.63) is 23.9 Å². The van der Waals surface area contributed by atoms with E-state index in [4.69, 9.17) is 10.5 Å². The molecule has 0 radical (unpaired) electrons. The lowest BCUT2D eigenvalue weighted by Crippen LogP contribution is -2.12. The van der Waals surface area contributed by atoms with E-state index < -0.39 is 0 Å². The van der Waals surface area contributed by atoms with E-state index in [2.05, 4.69) is 23.9 Å². The molecule has 8 heteroatoms. The average Bonchev–Trinajstić information content (AvgIpc) is 2.84. The first-order valence-corrected chi connectivity index (χ1v) is 7.43. The number of aromatic nitrogens is 3. The summed E-state index contributed by atoms with van der Waals surface area (Å²) in [4.78, 5) is 6.52. The number of anilines is 2. The smallest absolute Gasteiger partial charge is 0.213 e. The van der Waals surface area contributed by atoms with Gasteiger partial charge in [-0.2, -0.15) is 8.75 Å². The van der Waals surface area contributed by atoms with Gasteiger partial charge in [0.25, 0.3) is 0 Å². The molecule has 2 rings (SSSR count). The van der Waals surface area contributed by atoms with Gasteiger partial charge in [0, 0.05) is 19.2 Å². The standard InChI is InChI=1S/C13H20N6OS/c1-19(2)9-10-5-3-6-11(16-10)20-8-4-7-15-13-12(14)17-21-18-13/h3,5-6H,4,7-9H2,1-2H3,(H2,14,17)(H,15,18). The fourth-order valence-corrected chi connectivity index (χ4v) is 2.18. The molecule has 0 aliphatic heterocycles. The molecule has 0 aliphatic carbocycles. The molecule has 0 fully saturated rings. The van der Waals surface area contributed by atoms with Gasteiger partial charge in [-0.1, -0.05) is 6.07 Å². The van der Waals surface area contributed by atoms with Crippen LogP contribution in [0.5, 0.6) is 5.88 Å². The highest BCUT2D eigenvalue weighted by Gasteiger charge is 2.03. The molecule has 0 bridgehead atoms. The molecule has 0 atom stereocenters. The molecular weight excluding hydrogens is 288 g/mol. The van der Waals surface area contributed by atoms with Crippen LogP contribution in [-0.2, 0) is 6.54 Å². The van der Waals surface area contributed by atoms with E-state index in [0.717, 1.165) is 36.9 Å². The summed E-state index contributed by atoms with van der Waals surface area (Å²) in [5, 5.41) is 3.12. The van der Waals surface area contributed by atoms with Crippen molar-refractivity contribution in [2.75, 3.05) is 38.3 Å². The van der Waals surface area contributed by atoms with Crippen LogP contribution in [0.25, 0.3) is 0 Å². The minimum atomic E-state index is 0.443. The third-order valence-corrected chi connectivity index (χ3v) is 3.18. The summed E-state index contributed by atoms with van der Waals surface area (Å²) in [6.45, 7) is 2.12. The zero-order valence-corrected chi connectivity index (χ0v) is 13.1. The molecule has 2 aromatic rings. The highest BCUT2D eigenvalue weighted by atomic mass is 32.1. The molecule has 2 aromatic heterocycles. The summed E-state index contributed by atoms with van der Waals surface area (Å²) in [5.41, 5.74) is 6.63. The maximum absolute atomic E-state index is 5.64.